The molecule has 24 heavy (non-hydrogen) atoms. The molecule has 2 aromatic carbocycles. The highest BCUT2D eigenvalue weighted by molar-refractivity contribution is 8.00. The Hall–Kier alpha value is -1.94. The van der Waals surface area contributed by atoms with Gasteiger partial charge in [-0.25, -0.2) is 0 Å². The molecule has 128 valence electrons. The Bertz CT molecular complexity index is 683. The number of benzene rings is 2. The topological polar surface area (TPSA) is 38.3 Å². The van der Waals surface area contributed by atoms with E-state index < -0.39 is 0 Å². The normalized spacial score (nSPS) is 11.8. The number of carbonyl (C=O) groups excluding carboxylic acids is 1. The molecule has 0 radical (unpaired) electrons. The van der Waals surface area contributed by atoms with Gasteiger partial charge in [0.1, 0.15) is 5.75 Å². The second kappa shape index (κ2) is 8.78. The van der Waals surface area contributed by atoms with Crippen molar-refractivity contribution in [1.82, 2.24) is 0 Å². The number of ether oxygens (including phenoxy) is 1. The predicted octanol–water partition coefficient (Wildman–Crippen LogP) is 4.75. The van der Waals surface area contributed by atoms with Gasteiger partial charge >= 0.3 is 0 Å². The summed E-state index contributed by atoms with van der Waals surface area (Å²) in [6, 6.07) is 14.1. The first-order chi connectivity index (χ1) is 11.5. The van der Waals surface area contributed by atoms with Crippen molar-refractivity contribution >= 4 is 23.4 Å². The van der Waals surface area contributed by atoms with Crippen molar-refractivity contribution in [3.05, 3.63) is 59.2 Å². The highest BCUT2D eigenvalue weighted by atomic mass is 32.2. The van der Waals surface area contributed by atoms with Crippen LogP contribution in [-0.2, 0) is 4.79 Å². The van der Waals surface area contributed by atoms with Crippen LogP contribution in [0.2, 0.25) is 0 Å². The molecule has 0 aliphatic heterocycles. The van der Waals surface area contributed by atoms with E-state index in [-0.39, 0.29) is 11.2 Å². The van der Waals surface area contributed by atoms with E-state index in [1.165, 1.54) is 5.56 Å². The van der Waals surface area contributed by atoms with Gasteiger partial charge in [0.2, 0.25) is 5.91 Å². The Balaban J connectivity index is 1.75. The number of nitrogens with one attached hydrogen (secondary N) is 1. The molecule has 4 heteroatoms. The number of aryl methyl sites for hydroxylation is 3. The quantitative estimate of drug-likeness (QED) is 0.737. The Kier molecular flexibility index (Phi) is 6.73. The van der Waals surface area contributed by atoms with Crippen LogP contribution in [0.5, 0.6) is 5.75 Å². The van der Waals surface area contributed by atoms with Gasteiger partial charge in [0.05, 0.1) is 11.9 Å². The van der Waals surface area contributed by atoms with Crippen molar-refractivity contribution in [2.24, 2.45) is 0 Å². The number of hydrogen-bond donors (Lipinski definition) is 1. The van der Waals surface area contributed by atoms with Crippen LogP contribution in [0, 0.1) is 20.8 Å². The van der Waals surface area contributed by atoms with E-state index >= 15 is 0 Å². The van der Waals surface area contributed by atoms with Crippen molar-refractivity contribution in [3.8, 4) is 5.75 Å². The molecule has 0 saturated carbocycles. The summed E-state index contributed by atoms with van der Waals surface area (Å²) in [5.74, 6) is 1.67. The molecule has 0 heterocycles. The van der Waals surface area contributed by atoms with Crippen molar-refractivity contribution in [2.45, 2.75) is 32.9 Å². The first-order valence-electron chi connectivity index (χ1n) is 8.15. The van der Waals surface area contributed by atoms with E-state index in [0.29, 0.717) is 6.61 Å². The molecule has 0 bridgehead atoms. The number of amides is 1. The lowest BCUT2D eigenvalue weighted by atomic mass is 10.1. The van der Waals surface area contributed by atoms with Crippen molar-refractivity contribution < 1.29 is 9.53 Å². The molecule has 1 N–H and O–H groups in total. The average Bonchev–Trinajstić information content (AvgIpc) is 2.56. The van der Waals surface area contributed by atoms with Gasteiger partial charge in [-0.1, -0.05) is 29.8 Å². The zero-order valence-corrected chi connectivity index (χ0v) is 15.6. The van der Waals surface area contributed by atoms with Crippen LogP contribution in [0.1, 0.15) is 23.6 Å². The molecular formula is C20H25NO2S. The minimum Gasteiger partial charge on any atom is -0.493 e. The van der Waals surface area contributed by atoms with E-state index in [9.17, 15) is 4.79 Å². The van der Waals surface area contributed by atoms with Crippen LogP contribution in [0.25, 0.3) is 0 Å². The standard InChI is InChI=1S/C20H25NO2S/c1-14-6-9-18(10-7-14)23-11-12-24-17(4)20(22)21-19-13-15(2)5-8-16(19)3/h5-10,13,17H,11-12H2,1-4H3,(H,21,22)/t17-/m0/s1. The largest absolute Gasteiger partial charge is 0.493 e. The SMILES string of the molecule is Cc1ccc(OCCS[C@@H](C)C(=O)Nc2cc(C)ccc2C)cc1. The van der Waals surface area contributed by atoms with Gasteiger partial charge in [0.15, 0.2) is 0 Å². The van der Waals surface area contributed by atoms with Gasteiger partial charge in [-0.15, -0.1) is 11.8 Å². The molecule has 0 aliphatic rings. The molecule has 0 unspecified atom stereocenters. The molecule has 1 atom stereocenters. The maximum atomic E-state index is 12.3. The van der Waals surface area contributed by atoms with Gasteiger partial charge in [-0.2, -0.15) is 0 Å². The van der Waals surface area contributed by atoms with Crippen LogP contribution in [-0.4, -0.2) is 23.5 Å². The Morgan fingerprint density at radius 3 is 2.46 bits per heavy atom. The summed E-state index contributed by atoms with van der Waals surface area (Å²) in [5.41, 5.74) is 4.33. The maximum Gasteiger partial charge on any atom is 0.237 e. The predicted molar refractivity (Wildman–Crippen MR) is 103 cm³/mol. The van der Waals surface area contributed by atoms with E-state index in [4.69, 9.17) is 4.74 Å². The average molecular weight is 343 g/mol. The highest BCUT2D eigenvalue weighted by Gasteiger charge is 2.14. The Morgan fingerprint density at radius 1 is 1.08 bits per heavy atom. The summed E-state index contributed by atoms with van der Waals surface area (Å²) in [6.07, 6.45) is 0. The van der Waals surface area contributed by atoms with Crippen LogP contribution in [0.4, 0.5) is 5.69 Å². The number of hydrogen-bond acceptors (Lipinski definition) is 3. The monoisotopic (exact) mass is 343 g/mol. The second-order valence-corrected chi connectivity index (χ2v) is 7.43. The molecule has 0 fully saturated rings. The van der Waals surface area contributed by atoms with Gasteiger partial charge in [-0.3, -0.25) is 4.79 Å². The number of anilines is 1. The van der Waals surface area contributed by atoms with Crippen molar-refractivity contribution in [1.29, 1.82) is 0 Å². The summed E-state index contributed by atoms with van der Waals surface area (Å²) in [4.78, 5) is 12.3. The minimum atomic E-state index is -0.119. The summed E-state index contributed by atoms with van der Waals surface area (Å²) in [6.45, 7) is 8.60. The van der Waals surface area contributed by atoms with Gasteiger partial charge < -0.3 is 10.1 Å². The molecule has 2 rings (SSSR count). The smallest absolute Gasteiger partial charge is 0.237 e. The van der Waals surface area contributed by atoms with Gasteiger partial charge in [-0.05, 0) is 57.0 Å². The first-order valence-corrected chi connectivity index (χ1v) is 9.20. The number of rotatable bonds is 7. The molecular weight excluding hydrogens is 318 g/mol. The fraction of sp³-hybridized carbons (Fsp3) is 0.350. The molecule has 0 spiro atoms. The number of thioether (sulfide) groups is 1. The lowest BCUT2D eigenvalue weighted by Crippen LogP contribution is -2.23. The fourth-order valence-electron chi connectivity index (χ4n) is 2.20. The van der Waals surface area contributed by atoms with E-state index in [1.54, 1.807) is 11.8 Å². The third-order valence-electron chi connectivity index (χ3n) is 3.76. The van der Waals surface area contributed by atoms with Crippen LogP contribution in [0.15, 0.2) is 42.5 Å². The summed E-state index contributed by atoms with van der Waals surface area (Å²) in [5, 5.41) is 2.90. The van der Waals surface area contributed by atoms with Gasteiger partial charge in [0, 0.05) is 11.4 Å². The van der Waals surface area contributed by atoms with Gasteiger partial charge in [0.25, 0.3) is 0 Å². The fourth-order valence-corrected chi connectivity index (χ4v) is 2.94. The molecule has 0 aliphatic carbocycles. The lowest BCUT2D eigenvalue weighted by molar-refractivity contribution is -0.115. The molecule has 1 amide bonds. The Morgan fingerprint density at radius 2 is 1.75 bits per heavy atom. The molecule has 0 aromatic heterocycles. The first kappa shape index (κ1) is 18.4. The summed E-state index contributed by atoms with van der Waals surface area (Å²) < 4.78 is 5.69. The van der Waals surface area contributed by atoms with Crippen LogP contribution in [0.3, 0.4) is 0 Å². The van der Waals surface area contributed by atoms with E-state index in [2.05, 4.69) is 12.2 Å². The third kappa shape index (κ3) is 5.60. The zero-order chi connectivity index (χ0) is 17.5. The van der Waals surface area contributed by atoms with E-state index in [0.717, 1.165) is 28.3 Å². The molecule has 0 saturated heterocycles. The second-order valence-electron chi connectivity index (χ2n) is 5.98. The van der Waals surface area contributed by atoms with Crippen molar-refractivity contribution in [2.75, 3.05) is 17.7 Å². The molecule has 2 aromatic rings. The Labute approximate surface area is 148 Å². The minimum absolute atomic E-state index is 0.0315. The maximum absolute atomic E-state index is 12.3. The van der Waals surface area contributed by atoms with Crippen LogP contribution < -0.4 is 10.1 Å². The summed E-state index contributed by atoms with van der Waals surface area (Å²) >= 11 is 1.60. The van der Waals surface area contributed by atoms with E-state index in [1.807, 2.05) is 63.2 Å². The lowest BCUT2D eigenvalue weighted by Gasteiger charge is -2.14. The van der Waals surface area contributed by atoms with Crippen molar-refractivity contribution in [3.63, 3.8) is 0 Å². The summed E-state index contributed by atoms with van der Waals surface area (Å²) in [7, 11) is 0. The zero-order valence-electron chi connectivity index (χ0n) is 14.8. The molecule has 3 nitrogen and oxygen atoms in total. The third-order valence-corrected chi connectivity index (χ3v) is 4.88. The highest BCUT2D eigenvalue weighted by Crippen LogP contribution is 2.19. The van der Waals surface area contributed by atoms with Crippen LogP contribution >= 0.6 is 11.8 Å². The number of carbonyl (C=O) groups is 1.